The lowest BCUT2D eigenvalue weighted by molar-refractivity contribution is -0.136. The maximum Gasteiger partial charge on any atom is 0.262 e. The summed E-state index contributed by atoms with van der Waals surface area (Å²) in [5, 5.41) is 5.81. The van der Waals surface area contributed by atoms with Crippen LogP contribution in [0, 0.1) is 0 Å². The van der Waals surface area contributed by atoms with Crippen molar-refractivity contribution in [2.75, 3.05) is 18.5 Å². The van der Waals surface area contributed by atoms with Gasteiger partial charge in [-0.15, -0.1) is 0 Å². The monoisotopic (exact) mass is 446 g/mol. The Morgan fingerprint density at radius 2 is 1.82 bits per heavy atom. The highest BCUT2D eigenvalue weighted by molar-refractivity contribution is 6.23. The molecule has 2 heterocycles. The van der Waals surface area contributed by atoms with Gasteiger partial charge >= 0.3 is 0 Å². The second kappa shape index (κ2) is 8.12. The summed E-state index contributed by atoms with van der Waals surface area (Å²) in [6.07, 6.45) is 1.12. The zero-order chi connectivity index (χ0) is 23.3. The molecule has 33 heavy (non-hydrogen) atoms. The SMILES string of the molecule is CCN[C@H]1c2ccccc2C[C@@H]1N(C)c1ccc2c(c1)C(=O)N(C1CCC(=O)NC1=O)C2=O. The van der Waals surface area contributed by atoms with E-state index < -0.39 is 23.8 Å². The fourth-order valence-corrected chi connectivity index (χ4v) is 5.27. The molecule has 4 amide bonds. The van der Waals surface area contributed by atoms with Crippen LogP contribution in [0.15, 0.2) is 42.5 Å². The molecule has 2 aromatic rings. The van der Waals surface area contributed by atoms with E-state index in [4.69, 9.17) is 0 Å². The molecule has 1 saturated heterocycles. The standard InChI is InChI=1S/C25H26N4O4/c1-3-26-22-16-7-5-4-6-14(16)12-20(22)28(2)15-8-9-17-18(13-15)25(33)29(24(17)32)19-10-11-21(30)27-23(19)31/h4-9,13,19-20,22,26H,3,10-12H2,1-2H3,(H,27,30,31)/t19?,20-,22-/m0/s1. The Balaban J connectivity index is 1.43. The molecule has 1 fully saturated rings. The van der Waals surface area contributed by atoms with Crippen LogP contribution in [0.5, 0.6) is 0 Å². The number of anilines is 1. The van der Waals surface area contributed by atoms with Crippen LogP contribution in [0.2, 0.25) is 0 Å². The van der Waals surface area contributed by atoms with E-state index in [1.807, 2.05) is 19.2 Å². The molecule has 3 atom stereocenters. The summed E-state index contributed by atoms with van der Waals surface area (Å²) in [7, 11) is 2.00. The number of hydrogen-bond acceptors (Lipinski definition) is 6. The Bertz CT molecular complexity index is 1180. The summed E-state index contributed by atoms with van der Waals surface area (Å²) >= 11 is 0. The highest BCUT2D eigenvalue weighted by atomic mass is 16.2. The number of amides is 4. The third-order valence-electron chi connectivity index (χ3n) is 6.96. The molecule has 0 aromatic heterocycles. The van der Waals surface area contributed by atoms with Crippen molar-refractivity contribution >= 4 is 29.3 Å². The first-order chi connectivity index (χ1) is 15.9. The van der Waals surface area contributed by atoms with Crippen LogP contribution >= 0.6 is 0 Å². The minimum absolute atomic E-state index is 0.103. The molecule has 0 radical (unpaired) electrons. The molecule has 5 rings (SSSR count). The van der Waals surface area contributed by atoms with Crippen molar-refractivity contribution < 1.29 is 19.2 Å². The summed E-state index contributed by atoms with van der Waals surface area (Å²) < 4.78 is 0. The van der Waals surface area contributed by atoms with E-state index in [-0.39, 0.29) is 30.8 Å². The molecule has 0 spiro atoms. The molecule has 1 unspecified atom stereocenters. The van der Waals surface area contributed by atoms with Crippen LogP contribution < -0.4 is 15.5 Å². The predicted molar refractivity (Wildman–Crippen MR) is 122 cm³/mol. The first-order valence-corrected chi connectivity index (χ1v) is 11.3. The van der Waals surface area contributed by atoms with E-state index in [0.717, 1.165) is 23.6 Å². The van der Waals surface area contributed by atoms with Gasteiger partial charge in [0.1, 0.15) is 6.04 Å². The van der Waals surface area contributed by atoms with Crippen molar-refractivity contribution in [2.24, 2.45) is 0 Å². The number of likely N-dealkylation sites (N-methyl/N-ethyl adjacent to an activating group) is 2. The van der Waals surface area contributed by atoms with E-state index in [1.165, 1.54) is 11.1 Å². The number of carbonyl (C=O) groups excluding carboxylic acids is 4. The number of rotatable bonds is 5. The molecule has 8 heteroatoms. The zero-order valence-corrected chi connectivity index (χ0v) is 18.6. The Labute approximate surface area is 191 Å². The fourth-order valence-electron chi connectivity index (χ4n) is 5.27. The van der Waals surface area contributed by atoms with E-state index in [0.29, 0.717) is 11.1 Å². The van der Waals surface area contributed by atoms with Crippen molar-refractivity contribution in [1.29, 1.82) is 0 Å². The quantitative estimate of drug-likeness (QED) is 0.680. The van der Waals surface area contributed by atoms with Gasteiger partial charge in [-0.05, 0) is 48.7 Å². The van der Waals surface area contributed by atoms with Gasteiger partial charge in [0.15, 0.2) is 0 Å². The number of hydrogen-bond donors (Lipinski definition) is 2. The number of nitrogens with zero attached hydrogens (tertiary/aromatic N) is 2. The van der Waals surface area contributed by atoms with Gasteiger partial charge in [0.2, 0.25) is 11.8 Å². The minimum Gasteiger partial charge on any atom is -0.369 e. The topological polar surface area (TPSA) is 98.8 Å². The smallest absolute Gasteiger partial charge is 0.262 e. The maximum atomic E-state index is 13.2. The van der Waals surface area contributed by atoms with Crippen LogP contribution in [0.25, 0.3) is 0 Å². The fraction of sp³-hybridized carbons (Fsp3) is 0.360. The summed E-state index contributed by atoms with van der Waals surface area (Å²) in [4.78, 5) is 53.1. The van der Waals surface area contributed by atoms with E-state index >= 15 is 0 Å². The number of piperidine rings is 1. The van der Waals surface area contributed by atoms with Gasteiger partial charge in [-0.1, -0.05) is 31.2 Å². The average Bonchev–Trinajstić information content (AvgIpc) is 3.29. The molecule has 0 bridgehead atoms. The van der Waals surface area contributed by atoms with Crippen LogP contribution in [0.1, 0.15) is 57.7 Å². The second-order valence-corrected chi connectivity index (χ2v) is 8.79. The summed E-state index contributed by atoms with van der Waals surface area (Å²) in [6, 6.07) is 13.0. The first-order valence-electron chi connectivity index (χ1n) is 11.3. The molecular weight excluding hydrogens is 420 g/mol. The van der Waals surface area contributed by atoms with Gasteiger partial charge in [-0.2, -0.15) is 0 Å². The highest BCUT2D eigenvalue weighted by Crippen LogP contribution is 2.37. The van der Waals surface area contributed by atoms with Gasteiger partial charge in [0, 0.05) is 19.2 Å². The number of imide groups is 2. The van der Waals surface area contributed by atoms with Gasteiger partial charge in [0.25, 0.3) is 11.8 Å². The summed E-state index contributed by atoms with van der Waals surface area (Å²) in [5.74, 6) is -1.96. The maximum absolute atomic E-state index is 13.2. The Hall–Kier alpha value is -3.52. The Morgan fingerprint density at radius 1 is 1.06 bits per heavy atom. The first kappa shape index (κ1) is 21.3. The van der Waals surface area contributed by atoms with Crippen molar-refractivity contribution in [2.45, 2.75) is 44.3 Å². The van der Waals surface area contributed by atoms with Gasteiger partial charge in [-0.3, -0.25) is 29.4 Å². The van der Waals surface area contributed by atoms with Crippen molar-refractivity contribution in [3.63, 3.8) is 0 Å². The second-order valence-electron chi connectivity index (χ2n) is 8.79. The van der Waals surface area contributed by atoms with Crippen LogP contribution in [0.3, 0.4) is 0 Å². The van der Waals surface area contributed by atoms with E-state index in [2.05, 4.69) is 40.7 Å². The zero-order valence-electron chi connectivity index (χ0n) is 18.6. The third-order valence-corrected chi connectivity index (χ3v) is 6.96. The minimum atomic E-state index is -0.959. The summed E-state index contributed by atoms with van der Waals surface area (Å²) in [6.45, 7) is 2.92. The van der Waals surface area contributed by atoms with Gasteiger partial charge in [-0.25, -0.2) is 0 Å². The Kier molecular flexibility index (Phi) is 5.25. The van der Waals surface area contributed by atoms with Crippen molar-refractivity contribution in [3.05, 3.63) is 64.7 Å². The lowest BCUT2D eigenvalue weighted by atomic mass is 10.0. The van der Waals surface area contributed by atoms with Crippen LogP contribution in [-0.2, 0) is 16.0 Å². The lowest BCUT2D eigenvalue weighted by Gasteiger charge is -2.32. The molecule has 2 aliphatic heterocycles. The normalized spacial score (nSPS) is 24.1. The van der Waals surface area contributed by atoms with E-state index in [1.54, 1.807) is 12.1 Å². The largest absolute Gasteiger partial charge is 0.369 e. The molecule has 2 aromatic carbocycles. The van der Waals surface area contributed by atoms with Gasteiger partial charge < -0.3 is 10.2 Å². The lowest BCUT2D eigenvalue weighted by Crippen LogP contribution is -2.54. The van der Waals surface area contributed by atoms with Crippen LogP contribution in [0.4, 0.5) is 5.69 Å². The predicted octanol–water partition coefficient (Wildman–Crippen LogP) is 1.80. The average molecular weight is 447 g/mol. The number of carbonyl (C=O) groups is 4. The third kappa shape index (κ3) is 3.41. The van der Waals surface area contributed by atoms with Gasteiger partial charge in [0.05, 0.1) is 23.2 Å². The Morgan fingerprint density at radius 3 is 2.58 bits per heavy atom. The molecular formula is C25H26N4O4. The van der Waals surface area contributed by atoms with Crippen molar-refractivity contribution in [1.82, 2.24) is 15.5 Å². The summed E-state index contributed by atoms with van der Waals surface area (Å²) in [5.41, 5.74) is 4.01. The molecule has 0 saturated carbocycles. The van der Waals surface area contributed by atoms with E-state index in [9.17, 15) is 19.2 Å². The van der Waals surface area contributed by atoms with Crippen LogP contribution in [-0.4, -0.2) is 54.2 Å². The van der Waals surface area contributed by atoms with Crippen molar-refractivity contribution in [3.8, 4) is 0 Å². The molecule has 2 N–H and O–H groups in total. The molecule has 1 aliphatic carbocycles. The number of nitrogens with one attached hydrogen (secondary N) is 2. The molecule has 8 nitrogen and oxygen atoms in total. The number of benzene rings is 2. The highest BCUT2D eigenvalue weighted by Gasteiger charge is 2.45. The number of fused-ring (bicyclic) bond motifs is 2. The molecule has 170 valence electrons. The molecule has 3 aliphatic rings.